The molecule has 0 radical (unpaired) electrons. The lowest BCUT2D eigenvalue weighted by Crippen LogP contribution is -2.47. The van der Waals surface area contributed by atoms with Crippen molar-refractivity contribution in [3.05, 3.63) is 90.1 Å². The summed E-state index contributed by atoms with van der Waals surface area (Å²) in [5.74, 6) is -0.0118. The number of ether oxygens (including phenoxy) is 1. The van der Waals surface area contributed by atoms with E-state index >= 15 is 0 Å². The van der Waals surface area contributed by atoms with E-state index in [0.717, 1.165) is 29.4 Å². The molecule has 7 heteroatoms. The number of H-pyrrole nitrogens is 1. The Hall–Kier alpha value is -3.71. The molecule has 0 aliphatic carbocycles. The zero-order chi connectivity index (χ0) is 24.9. The van der Waals surface area contributed by atoms with E-state index in [9.17, 15) is 9.18 Å². The molecule has 3 heterocycles. The van der Waals surface area contributed by atoms with Gasteiger partial charge in [0, 0.05) is 18.9 Å². The third-order valence-electron chi connectivity index (χ3n) is 6.31. The minimum atomic E-state index is -0.764. The summed E-state index contributed by atoms with van der Waals surface area (Å²) in [6, 6.07) is 5.63. The SMILES string of the molecule is C=C/C=C(\C=C/C)C1CCCN1C(=O)C(N)Cc1ccc(Oc2ccnc3[nH]cc(C)c23)c(F)c1. The van der Waals surface area contributed by atoms with Crippen LogP contribution in [0.5, 0.6) is 11.5 Å². The molecule has 1 fully saturated rings. The summed E-state index contributed by atoms with van der Waals surface area (Å²) in [4.78, 5) is 22.4. The lowest BCUT2D eigenvalue weighted by Gasteiger charge is -2.28. The maximum absolute atomic E-state index is 14.9. The predicted molar refractivity (Wildman–Crippen MR) is 137 cm³/mol. The average molecular weight is 475 g/mol. The Labute approximate surface area is 205 Å². The summed E-state index contributed by atoms with van der Waals surface area (Å²) < 4.78 is 20.8. The Kier molecular flexibility index (Phi) is 7.46. The number of benzene rings is 1. The van der Waals surface area contributed by atoms with Crippen LogP contribution in [-0.2, 0) is 11.2 Å². The first kappa shape index (κ1) is 24.4. The molecule has 4 rings (SSSR count). The number of aromatic nitrogens is 2. The smallest absolute Gasteiger partial charge is 0.240 e. The van der Waals surface area contributed by atoms with Crippen molar-refractivity contribution in [2.45, 2.75) is 45.2 Å². The van der Waals surface area contributed by atoms with E-state index in [0.29, 0.717) is 23.5 Å². The number of aryl methyl sites for hydroxylation is 1. The molecule has 0 bridgehead atoms. The number of hydrogen-bond acceptors (Lipinski definition) is 4. The van der Waals surface area contributed by atoms with E-state index in [-0.39, 0.29) is 24.1 Å². The third kappa shape index (κ3) is 5.20. The Morgan fingerprint density at radius 1 is 1.40 bits per heavy atom. The van der Waals surface area contributed by atoms with Crippen molar-refractivity contribution in [1.29, 1.82) is 0 Å². The fourth-order valence-corrected chi connectivity index (χ4v) is 4.68. The van der Waals surface area contributed by atoms with Crippen molar-refractivity contribution in [2.24, 2.45) is 5.73 Å². The molecule has 182 valence electrons. The Morgan fingerprint density at radius 2 is 2.23 bits per heavy atom. The van der Waals surface area contributed by atoms with E-state index in [1.165, 1.54) is 6.07 Å². The summed E-state index contributed by atoms with van der Waals surface area (Å²) in [5, 5.41) is 0.812. The third-order valence-corrected chi connectivity index (χ3v) is 6.31. The van der Waals surface area contributed by atoms with Gasteiger partial charge >= 0.3 is 0 Å². The molecule has 2 unspecified atom stereocenters. The summed E-state index contributed by atoms with van der Waals surface area (Å²) in [6.07, 6.45) is 13.1. The van der Waals surface area contributed by atoms with Gasteiger partial charge in [-0.25, -0.2) is 9.37 Å². The van der Waals surface area contributed by atoms with Gasteiger partial charge in [0.15, 0.2) is 11.6 Å². The predicted octanol–water partition coefficient (Wildman–Crippen LogP) is 5.35. The highest BCUT2D eigenvalue weighted by Gasteiger charge is 2.33. The quantitative estimate of drug-likeness (QED) is 0.431. The van der Waals surface area contributed by atoms with Gasteiger partial charge in [0.2, 0.25) is 5.91 Å². The molecule has 0 saturated carbocycles. The number of halogens is 1. The van der Waals surface area contributed by atoms with E-state index in [2.05, 4.69) is 16.5 Å². The minimum Gasteiger partial charge on any atom is -0.453 e. The summed E-state index contributed by atoms with van der Waals surface area (Å²) in [7, 11) is 0. The molecule has 2 atom stereocenters. The fraction of sp³-hybridized carbons (Fsp3) is 0.286. The number of rotatable bonds is 8. The maximum Gasteiger partial charge on any atom is 0.240 e. The van der Waals surface area contributed by atoms with Crippen LogP contribution in [0, 0.1) is 12.7 Å². The van der Waals surface area contributed by atoms with Gasteiger partial charge in [0.1, 0.15) is 11.4 Å². The number of nitrogens with zero attached hydrogens (tertiary/aromatic N) is 2. The second kappa shape index (κ2) is 10.7. The van der Waals surface area contributed by atoms with Gasteiger partial charge in [-0.1, -0.05) is 36.9 Å². The first-order chi connectivity index (χ1) is 16.9. The molecule has 1 saturated heterocycles. The summed E-state index contributed by atoms with van der Waals surface area (Å²) in [6.45, 7) is 8.32. The van der Waals surface area contributed by atoms with E-state index in [4.69, 9.17) is 10.5 Å². The molecule has 0 spiro atoms. The molecular weight excluding hydrogens is 443 g/mol. The van der Waals surface area contributed by atoms with Crippen LogP contribution in [0.2, 0.25) is 0 Å². The lowest BCUT2D eigenvalue weighted by atomic mass is 10.0. The molecular formula is C28H31FN4O2. The molecule has 1 aromatic carbocycles. The first-order valence-electron chi connectivity index (χ1n) is 11.8. The zero-order valence-electron chi connectivity index (χ0n) is 20.1. The number of amides is 1. The molecule has 1 aliphatic rings. The normalized spacial score (nSPS) is 17.3. The Morgan fingerprint density at radius 3 is 2.97 bits per heavy atom. The number of carbonyl (C=O) groups excluding carboxylic acids is 1. The van der Waals surface area contributed by atoms with Crippen molar-refractivity contribution >= 4 is 16.9 Å². The summed E-state index contributed by atoms with van der Waals surface area (Å²) >= 11 is 0. The van der Waals surface area contributed by atoms with Crippen LogP contribution in [0.15, 0.2) is 73.1 Å². The summed E-state index contributed by atoms with van der Waals surface area (Å²) in [5.41, 5.74) is 9.63. The van der Waals surface area contributed by atoms with Crippen molar-refractivity contribution < 1.29 is 13.9 Å². The van der Waals surface area contributed by atoms with Crippen LogP contribution in [0.4, 0.5) is 4.39 Å². The average Bonchev–Trinajstić information content (AvgIpc) is 3.48. The van der Waals surface area contributed by atoms with Crippen LogP contribution in [0.25, 0.3) is 11.0 Å². The van der Waals surface area contributed by atoms with Gasteiger partial charge in [-0.15, -0.1) is 0 Å². The number of carbonyl (C=O) groups is 1. The number of likely N-dealkylation sites (tertiary alicyclic amines) is 1. The van der Waals surface area contributed by atoms with Gasteiger partial charge in [-0.3, -0.25) is 4.79 Å². The van der Waals surface area contributed by atoms with Gasteiger partial charge < -0.3 is 20.4 Å². The zero-order valence-corrected chi connectivity index (χ0v) is 20.1. The number of hydrogen-bond donors (Lipinski definition) is 2. The molecule has 35 heavy (non-hydrogen) atoms. The van der Waals surface area contributed by atoms with Crippen molar-refractivity contribution in [1.82, 2.24) is 14.9 Å². The highest BCUT2D eigenvalue weighted by atomic mass is 19.1. The second-order valence-corrected chi connectivity index (χ2v) is 8.77. The van der Waals surface area contributed by atoms with Gasteiger partial charge in [0.25, 0.3) is 0 Å². The Balaban J connectivity index is 1.47. The monoisotopic (exact) mass is 474 g/mol. The van der Waals surface area contributed by atoms with Crippen molar-refractivity contribution in [3.63, 3.8) is 0 Å². The van der Waals surface area contributed by atoms with E-state index in [1.54, 1.807) is 30.5 Å². The molecule has 2 aromatic heterocycles. The molecule has 1 aliphatic heterocycles. The first-order valence-corrected chi connectivity index (χ1v) is 11.8. The van der Waals surface area contributed by atoms with Crippen molar-refractivity contribution in [2.75, 3.05) is 6.54 Å². The molecule has 1 amide bonds. The molecule has 3 N–H and O–H groups in total. The van der Waals surface area contributed by atoms with Crippen LogP contribution >= 0.6 is 0 Å². The number of aromatic amines is 1. The topological polar surface area (TPSA) is 84.2 Å². The highest BCUT2D eigenvalue weighted by Crippen LogP contribution is 2.32. The number of nitrogens with two attached hydrogens (primary N) is 1. The van der Waals surface area contributed by atoms with Crippen LogP contribution in [-0.4, -0.2) is 39.4 Å². The van der Waals surface area contributed by atoms with Crippen LogP contribution in [0.1, 0.15) is 30.9 Å². The largest absolute Gasteiger partial charge is 0.453 e. The van der Waals surface area contributed by atoms with Gasteiger partial charge in [-0.05, 0) is 68.0 Å². The maximum atomic E-state index is 14.9. The fourth-order valence-electron chi connectivity index (χ4n) is 4.68. The Bertz CT molecular complexity index is 1290. The van der Waals surface area contributed by atoms with E-state index in [1.807, 2.05) is 43.2 Å². The lowest BCUT2D eigenvalue weighted by molar-refractivity contribution is -0.132. The molecule has 6 nitrogen and oxygen atoms in total. The minimum absolute atomic E-state index is 0.0238. The van der Waals surface area contributed by atoms with Gasteiger partial charge in [-0.2, -0.15) is 0 Å². The van der Waals surface area contributed by atoms with Crippen LogP contribution in [0.3, 0.4) is 0 Å². The van der Waals surface area contributed by atoms with E-state index < -0.39 is 11.9 Å². The van der Waals surface area contributed by atoms with Crippen LogP contribution < -0.4 is 10.5 Å². The number of allylic oxidation sites excluding steroid dienone is 3. The second-order valence-electron chi connectivity index (χ2n) is 8.77. The van der Waals surface area contributed by atoms with Crippen molar-refractivity contribution in [3.8, 4) is 11.5 Å². The number of pyridine rings is 1. The standard InChI is InChI=1S/C28H31FN4O2/c1-4-7-20(8-5-2)23-9-6-14-33(23)28(34)22(30)16-19-10-11-24(21(29)15-19)35-25-12-13-31-27-26(25)18(3)17-32-27/h4-5,7-8,10-13,15,17,22-23H,1,6,9,14,16,30H2,2-3H3,(H,31,32)/b8-5-,20-7+. The highest BCUT2D eigenvalue weighted by molar-refractivity contribution is 5.86. The number of nitrogens with one attached hydrogen (secondary N) is 1. The molecule has 3 aromatic rings. The van der Waals surface area contributed by atoms with Gasteiger partial charge in [0.05, 0.1) is 17.5 Å². The number of fused-ring (bicyclic) bond motifs is 1.